The second-order valence-electron chi connectivity index (χ2n) is 8.77. The molecular weight excluding hydrogens is 396 g/mol. The number of aryl methyl sites for hydroxylation is 2. The van der Waals surface area contributed by atoms with E-state index in [1.807, 2.05) is 24.1 Å². The van der Waals surface area contributed by atoms with E-state index in [2.05, 4.69) is 22.9 Å². The van der Waals surface area contributed by atoms with Crippen molar-refractivity contribution in [2.24, 2.45) is 13.0 Å². The van der Waals surface area contributed by atoms with E-state index in [1.54, 1.807) is 10.6 Å². The van der Waals surface area contributed by atoms with E-state index in [4.69, 9.17) is 0 Å². The molecule has 3 atom stereocenters. The number of fused-ring (bicyclic) bond motifs is 5. The molecule has 2 N–H and O–H groups in total. The number of nitrogens with one attached hydrogen (secondary N) is 1. The highest BCUT2D eigenvalue weighted by molar-refractivity contribution is 5.85. The molecule has 1 amide bonds. The predicted molar refractivity (Wildman–Crippen MR) is 115 cm³/mol. The zero-order valence-corrected chi connectivity index (χ0v) is 17.5. The topological polar surface area (TPSA) is 95.0 Å². The number of carbonyl (C=O) groups excluding carboxylic acids is 1. The van der Waals surface area contributed by atoms with Gasteiger partial charge < -0.3 is 19.2 Å². The first-order valence-corrected chi connectivity index (χ1v) is 10.7. The molecule has 31 heavy (non-hydrogen) atoms. The molecule has 2 aromatic heterocycles. The Kier molecular flexibility index (Phi) is 4.92. The summed E-state index contributed by atoms with van der Waals surface area (Å²) in [5.74, 6) is 0.389. The summed E-state index contributed by atoms with van der Waals surface area (Å²) in [5.41, 5.74) is 2.57. The van der Waals surface area contributed by atoms with Crippen molar-refractivity contribution in [3.05, 3.63) is 69.4 Å². The minimum atomic E-state index is -1.19. The van der Waals surface area contributed by atoms with Gasteiger partial charge in [-0.15, -0.1) is 0 Å². The Labute approximate surface area is 179 Å². The molecule has 3 aromatic rings. The Morgan fingerprint density at radius 1 is 1.19 bits per heavy atom. The number of benzene rings is 1. The van der Waals surface area contributed by atoms with Gasteiger partial charge in [-0.05, 0) is 36.5 Å². The normalized spacial score (nSPS) is 21.2. The smallest absolute Gasteiger partial charge is 0.315 e. The van der Waals surface area contributed by atoms with E-state index in [9.17, 15) is 20.0 Å². The minimum absolute atomic E-state index is 0.0737. The number of nitrogens with zero attached hydrogens (tertiary/aromatic N) is 3. The van der Waals surface area contributed by atoms with Crippen LogP contribution in [0.1, 0.15) is 30.0 Å². The fourth-order valence-corrected chi connectivity index (χ4v) is 5.34. The second kappa shape index (κ2) is 7.64. The van der Waals surface area contributed by atoms with Crippen molar-refractivity contribution in [3.63, 3.8) is 0 Å². The first-order chi connectivity index (χ1) is 14.9. The van der Waals surface area contributed by atoms with Crippen LogP contribution in [0.2, 0.25) is 0 Å². The highest BCUT2D eigenvalue weighted by atomic mass is 16.8. The molecule has 8 heteroatoms. The van der Waals surface area contributed by atoms with Gasteiger partial charge in [0.05, 0.1) is 0 Å². The van der Waals surface area contributed by atoms with Crippen LogP contribution in [-0.4, -0.2) is 38.2 Å². The van der Waals surface area contributed by atoms with Crippen molar-refractivity contribution >= 4 is 22.5 Å². The molecule has 0 saturated carbocycles. The van der Waals surface area contributed by atoms with Gasteiger partial charge in [-0.1, -0.05) is 18.2 Å². The van der Waals surface area contributed by atoms with E-state index in [0.717, 1.165) is 12.1 Å². The van der Waals surface area contributed by atoms with Crippen LogP contribution in [-0.2, 0) is 24.8 Å². The third kappa shape index (κ3) is 3.46. The highest BCUT2D eigenvalue weighted by Crippen LogP contribution is 2.35. The molecule has 0 radical (unpaired) electrons. The number of aromatic nitrogens is 2. The Balaban J connectivity index is 1.31. The van der Waals surface area contributed by atoms with Crippen LogP contribution in [0.4, 0.5) is 5.69 Å². The van der Waals surface area contributed by atoms with Crippen LogP contribution in [0.25, 0.3) is 10.9 Å². The van der Waals surface area contributed by atoms with Crippen LogP contribution in [0, 0.1) is 11.1 Å². The monoisotopic (exact) mass is 422 g/mol. The second-order valence-corrected chi connectivity index (χ2v) is 8.77. The quantitative estimate of drug-likeness (QED) is 0.620. The summed E-state index contributed by atoms with van der Waals surface area (Å²) in [4.78, 5) is 27.5. The Bertz CT molecular complexity index is 1210. The lowest BCUT2D eigenvalue weighted by molar-refractivity contribution is -0.992. The number of hydrogen-bond donors (Lipinski definition) is 2. The first-order valence-electron chi connectivity index (χ1n) is 10.7. The van der Waals surface area contributed by atoms with Crippen molar-refractivity contribution in [3.8, 4) is 0 Å². The molecule has 0 aliphatic carbocycles. The van der Waals surface area contributed by atoms with Gasteiger partial charge in [0.1, 0.15) is 0 Å². The number of amides is 1. The van der Waals surface area contributed by atoms with Crippen molar-refractivity contribution in [1.82, 2.24) is 14.0 Å². The largest absolute Gasteiger partial charge is 0.595 e. The summed E-state index contributed by atoms with van der Waals surface area (Å²) in [6.45, 7) is 1.67. The molecule has 1 fully saturated rings. The SMILES string of the molecule is Cn1cc(CCC(=O)N2CC3CC(C2)c2ccc([NH+]([O-])O)c(=O)n2C3)c2ccccc21. The van der Waals surface area contributed by atoms with Gasteiger partial charge in [0, 0.05) is 67.9 Å². The number of hydrogen-bond acceptors (Lipinski definition) is 4. The number of para-hydroxylation sites is 1. The zero-order chi connectivity index (χ0) is 21.7. The maximum atomic E-state index is 13.0. The standard InChI is InChI=1S/C23H26N4O4/c1-24-13-16(18-4-2-3-5-20(18)24)6-9-22(28)25-11-15-10-17(14-25)19-7-8-21(27(30)31)23(29)26(19)12-15/h2-5,7-8,13,15,17,27,30H,6,9-12,14H2,1H3. The molecule has 3 unspecified atom stereocenters. The third-order valence-electron chi connectivity index (χ3n) is 6.78. The van der Waals surface area contributed by atoms with E-state index >= 15 is 0 Å². The van der Waals surface area contributed by atoms with Gasteiger partial charge in [0.25, 0.3) is 0 Å². The molecule has 8 nitrogen and oxygen atoms in total. The number of likely N-dealkylation sites (tertiary alicyclic amines) is 1. The summed E-state index contributed by atoms with van der Waals surface area (Å²) in [7, 11) is 2.02. The number of pyridine rings is 1. The van der Waals surface area contributed by atoms with Crippen molar-refractivity contribution in [2.45, 2.75) is 31.7 Å². The van der Waals surface area contributed by atoms with E-state index in [1.165, 1.54) is 22.5 Å². The van der Waals surface area contributed by atoms with Gasteiger partial charge in [-0.3, -0.25) is 9.59 Å². The number of piperidine rings is 1. The molecule has 1 saturated heterocycles. The number of rotatable bonds is 4. The van der Waals surface area contributed by atoms with Gasteiger partial charge in [-0.25, -0.2) is 5.21 Å². The summed E-state index contributed by atoms with van der Waals surface area (Å²) >= 11 is 0. The molecular formula is C23H26N4O4. The maximum Gasteiger partial charge on any atom is 0.315 e. The molecule has 2 bridgehead atoms. The minimum Gasteiger partial charge on any atom is -0.595 e. The number of quaternary nitrogens is 1. The van der Waals surface area contributed by atoms with Crippen LogP contribution < -0.4 is 10.8 Å². The van der Waals surface area contributed by atoms with Crippen molar-refractivity contribution in [2.75, 3.05) is 13.1 Å². The lowest BCUT2D eigenvalue weighted by Crippen LogP contribution is -3.00. The third-order valence-corrected chi connectivity index (χ3v) is 6.78. The van der Waals surface area contributed by atoms with Gasteiger partial charge in [-0.2, -0.15) is 5.23 Å². The van der Waals surface area contributed by atoms with E-state index < -0.39 is 10.8 Å². The van der Waals surface area contributed by atoms with Crippen molar-refractivity contribution < 1.29 is 15.2 Å². The van der Waals surface area contributed by atoms with Crippen LogP contribution in [0.5, 0.6) is 0 Å². The molecule has 2 aliphatic rings. The molecule has 162 valence electrons. The average molecular weight is 422 g/mol. The zero-order valence-electron chi connectivity index (χ0n) is 17.5. The lowest BCUT2D eigenvalue weighted by Gasteiger charge is -2.43. The molecule has 4 heterocycles. The lowest BCUT2D eigenvalue weighted by atomic mass is 9.83. The number of carbonyl (C=O) groups is 1. The summed E-state index contributed by atoms with van der Waals surface area (Å²) in [6.07, 6.45) is 4.19. The van der Waals surface area contributed by atoms with Gasteiger partial charge >= 0.3 is 5.56 Å². The Morgan fingerprint density at radius 3 is 2.81 bits per heavy atom. The predicted octanol–water partition coefficient (Wildman–Crippen LogP) is 1.32. The molecule has 2 aliphatic heterocycles. The fourth-order valence-electron chi connectivity index (χ4n) is 5.34. The average Bonchev–Trinajstić information content (AvgIpc) is 3.08. The molecule has 0 spiro atoms. The highest BCUT2D eigenvalue weighted by Gasteiger charge is 2.37. The van der Waals surface area contributed by atoms with Gasteiger partial charge in [0.15, 0.2) is 0 Å². The fraction of sp³-hybridized carbons (Fsp3) is 0.391. The van der Waals surface area contributed by atoms with E-state index in [-0.39, 0.29) is 23.4 Å². The van der Waals surface area contributed by atoms with Crippen LogP contribution >= 0.6 is 0 Å². The Morgan fingerprint density at radius 2 is 2.00 bits per heavy atom. The Hall–Kier alpha value is -2.94. The maximum absolute atomic E-state index is 13.0. The van der Waals surface area contributed by atoms with Crippen LogP contribution in [0.3, 0.4) is 0 Å². The van der Waals surface area contributed by atoms with Crippen molar-refractivity contribution in [1.29, 1.82) is 0 Å². The van der Waals surface area contributed by atoms with E-state index in [0.29, 0.717) is 32.5 Å². The first kappa shape index (κ1) is 20.0. The summed E-state index contributed by atoms with van der Waals surface area (Å²) < 4.78 is 3.71. The molecule has 5 rings (SSSR count). The summed E-state index contributed by atoms with van der Waals surface area (Å²) in [6, 6.07) is 11.4. The van der Waals surface area contributed by atoms with Crippen LogP contribution in [0.15, 0.2) is 47.4 Å². The summed E-state index contributed by atoms with van der Waals surface area (Å²) in [5, 5.41) is 20.5. The van der Waals surface area contributed by atoms with Gasteiger partial charge in [0.2, 0.25) is 11.6 Å². The molecule has 1 aromatic carbocycles.